The van der Waals surface area contributed by atoms with Gasteiger partial charge in [0.15, 0.2) is 0 Å². The van der Waals surface area contributed by atoms with E-state index in [2.05, 4.69) is 4.74 Å². The molecule has 0 radical (unpaired) electrons. The number of hydrogen-bond donors (Lipinski definition) is 1. The van der Waals surface area contributed by atoms with Gasteiger partial charge in [-0.3, -0.25) is 4.79 Å². The van der Waals surface area contributed by atoms with E-state index >= 15 is 0 Å². The predicted molar refractivity (Wildman–Crippen MR) is 76.9 cm³/mol. The third-order valence-electron chi connectivity index (χ3n) is 2.57. The zero-order valence-electron chi connectivity index (χ0n) is 11.8. The van der Waals surface area contributed by atoms with Crippen LogP contribution in [0.2, 0.25) is 0 Å². The molecule has 0 fully saturated rings. The summed E-state index contributed by atoms with van der Waals surface area (Å²) in [7, 11) is -2.61. The molecule has 0 saturated heterocycles. The molecule has 0 saturated carbocycles. The summed E-state index contributed by atoms with van der Waals surface area (Å²) in [5, 5.41) is 0. The number of hydrogen-bond acceptors (Lipinski definition) is 5. The zero-order chi connectivity index (χ0) is 15.9. The molecule has 0 aromatic heterocycles. The van der Waals surface area contributed by atoms with Crippen molar-refractivity contribution in [2.45, 2.75) is 24.7 Å². The van der Waals surface area contributed by atoms with Crippen molar-refractivity contribution in [3.05, 3.63) is 42.0 Å². The lowest BCUT2D eigenvalue weighted by atomic mass is 10.2. The van der Waals surface area contributed by atoms with E-state index in [1.165, 1.54) is 31.4 Å². The SMILES string of the molecule is COC(=O)/C=C\CCC(=O)NS(=O)(=O)c1ccc(C)cc1. The molecular weight excluding hydrogens is 294 g/mol. The van der Waals surface area contributed by atoms with Gasteiger partial charge in [-0.1, -0.05) is 23.8 Å². The molecule has 0 aliphatic carbocycles. The highest BCUT2D eigenvalue weighted by Gasteiger charge is 2.16. The normalized spacial score (nSPS) is 11.3. The summed E-state index contributed by atoms with van der Waals surface area (Å²) in [4.78, 5) is 22.4. The second-order valence-corrected chi connectivity index (χ2v) is 5.99. The van der Waals surface area contributed by atoms with E-state index in [1.807, 2.05) is 11.6 Å². The number of carbonyl (C=O) groups excluding carboxylic acids is 2. The third-order valence-corrected chi connectivity index (χ3v) is 3.96. The number of allylic oxidation sites excluding steroid dienone is 1. The smallest absolute Gasteiger partial charge is 0.330 e. The quantitative estimate of drug-likeness (QED) is 0.632. The van der Waals surface area contributed by atoms with E-state index in [9.17, 15) is 18.0 Å². The molecule has 1 aromatic carbocycles. The maximum absolute atomic E-state index is 11.9. The fraction of sp³-hybridized carbons (Fsp3) is 0.286. The summed E-state index contributed by atoms with van der Waals surface area (Å²) in [5.74, 6) is -1.16. The van der Waals surface area contributed by atoms with Crippen molar-refractivity contribution in [2.24, 2.45) is 0 Å². The highest BCUT2D eigenvalue weighted by atomic mass is 32.2. The Balaban J connectivity index is 2.55. The van der Waals surface area contributed by atoms with Gasteiger partial charge < -0.3 is 4.74 Å². The van der Waals surface area contributed by atoms with Crippen molar-refractivity contribution in [1.29, 1.82) is 0 Å². The molecule has 1 aromatic rings. The minimum Gasteiger partial charge on any atom is -0.466 e. The van der Waals surface area contributed by atoms with Crippen LogP contribution in [0.4, 0.5) is 0 Å². The zero-order valence-corrected chi connectivity index (χ0v) is 12.6. The number of esters is 1. The molecule has 1 amide bonds. The topological polar surface area (TPSA) is 89.5 Å². The number of sulfonamides is 1. The lowest BCUT2D eigenvalue weighted by Gasteiger charge is -2.06. The minimum absolute atomic E-state index is 0.0338. The van der Waals surface area contributed by atoms with Gasteiger partial charge in [0.05, 0.1) is 12.0 Å². The van der Waals surface area contributed by atoms with Crippen molar-refractivity contribution in [1.82, 2.24) is 4.72 Å². The molecule has 0 heterocycles. The van der Waals surface area contributed by atoms with E-state index in [0.29, 0.717) is 0 Å². The number of methoxy groups -OCH3 is 1. The van der Waals surface area contributed by atoms with Crippen LogP contribution in [-0.4, -0.2) is 27.4 Å². The Bertz CT molecular complexity index is 632. The van der Waals surface area contributed by atoms with E-state index in [1.54, 1.807) is 12.1 Å². The van der Waals surface area contributed by atoms with Gasteiger partial charge in [0.1, 0.15) is 0 Å². The Hall–Kier alpha value is -2.15. The molecule has 0 atom stereocenters. The van der Waals surface area contributed by atoms with Crippen LogP contribution >= 0.6 is 0 Å². The van der Waals surface area contributed by atoms with Crippen LogP contribution in [0.25, 0.3) is 0 Å². The van der Waals surface area contributed by atoms with Gasteiger partial charge in [0.2, 0.25) is 5.91 Å². The first kappa shape index (κ1) is 16.9. The van der Waals surface area contributed by atoms with Gasteiger partial charge in [0.25, 0.3) is 10.0 Å². The summed E-state index contributed by atoms with van der Waals surface area (Å²) in [6, 6.07) is 6.17. The fourth-order valence-electron chi connectivity index (χ4n) is 1.44. The Morgan fingerprint density at radius 2 is 1.86 bits per heavy atom. The number of aryl methyl sites for hydroxylation is 1. The summed E-state index contributed by atoms with van der Waals surface area (Å²) >= 11 is 0. The monoisotopic (exact) mass is 311 g/mol. The Labute approximate surface area is 123 Å². The summed E-state index contributed by atoms with van der Waals surface area (Å²) in [6.45, 7) is 1.84. The molecule has 7 heteroatoms. The largest absolute Gasteiger partial charge is 0.466 e. The molecule has 1 N–H and O–H groups in total. The lowest BCUT2D eigenvalue weighted by Crippen LogP contribution is -2.30. The number of ether oxygens (including phenoxy) is 1. The Morgan fingerprint density at radius 1 is 1.24 bits per heavy atom. The number of carbonyl (C=O) groups is 2. The molecule has 0 unspecified atom stereocenters. The van der Waals surface area contributed by atoms with E-state index in [0.717, 1.165) is 5.56 Å². The number of benzene rings is 1. The van der Waals surface area contributed by atoms with Crippen LogP contribution in [0.3, 0.4) is 0 Å². The number of amides is 1. The number of rotatable bonds is 6. The molecule has 0 spiro atoms. The fourth-order valence-corrected chi connectivity index (χ4v) is 2.45. The minimum atomic E-state index is -3.85. The van der Waals surface area contributed by atoms with Crippen molar-refractivity contribution in [2.75, 3.05) is 7.11 Å². The van der Waals surface area contributed by atoms with Crippen LogP contribution in [0.15, 0.2) is 41.3 Å². The highest BCUT2D eigenvalue weighted by molar-refractivity contribution is 7.90. The lowest BCUT2D eigenvalue weighted by molar-refractivity contribution is -0.134. The van der Waals surface area contributed by atoms with Gasteiger partial charge in [-0.15, -0.1) is 0 Å². The second-order valence-electron chi connectivity index (χ2n) is 4.31. The van der Waals surface area contributed by atoms with Gasteiger partial charge in [0, 0.05) is 12.5 Å². The second kappa shape index (κ2) is 7.58. The van der Waals surface area contributed by atoms with Crippen LogP contribution in [0.1, 0.15) is 18.4 Å². The first-order chi connectivity index (χ1) is 9.85. The van der Waals surface area contributed by atoms with Crippen molar-refractivity contribution < 1.29 is 22.7 Å². The summed E-state index contributed by atoms with van der Waals surface area (Å²) in [5.41, 5.74) is 0.924. The average molecular weight is 311 g/mol. The molecule has 6 nitrogen and oxygen atoms in total. The van der Waals surface area contributed by atoms with Crippen molar-refractivity contribution in [3.63, 3.8) is 0 Å². The van der Waals surface area contributed by atoms with Gasteiger partial charge >= 0.3 is 5.97 Å². The molecule has 0 aliphatic heterocycles. The van der Waals surface area contributed by atoms with Crippen molar-refractivity contribution >= 4 is 21.9 Å². The molecular formula is C14H17NO5S. The number of nitrogens with one attached hydrogen (secondary N) is 1. The van der Waals surface area contributed by atoms with Crippen molar-refractivity contribution in [3.8, 4) is 0 Å². The third kappa shape index (κ3) is 5.78. The maximum atomic E-state index is 11.9. The van der Waals surface area contributed by atoms with Crippen LogP contribution in [0, 0.1) is 6.92 Å². The molecule has 1 rings (SSSR count). The van der Waals surface area contributed by atoms with Crippen LogP contribution in [0.5, 0.6) is 0 Å². The molecule has 0 aliphatic rings. The van der Waals surface area contributed by atoms with E-state index in [4.69, 9.17) is 0 Å². The van der Waals surface area contributed by atoms with Crippen LogP contribution in [-0.2, 0) is 24.3 Å². The van der Waals surface area contributed by atoms with E-state index in [-0.39, 0.29) is 17.7 Å². The highest BCUT2D eigenvalue weighted by Crippen LogP contribution is 2.10. The first-order valence-electron chi connectivity index (χ1n) is 6.22. The standard InChI is InChI=1S/C14H17NO5S/c1-11-7-9-12(10-8-11)21(18,19)15-13(16)5-3-4-6-14(17)20-2/h4,6-10H,3,5H2,1-2H3,(H,15,16)/b6-4-. The molecule has 114 valence electrons. The summed E-state index contributed by atoms with van der Waals surface area (Å²) in [6.07, 6.45) is 2.83. The van der Waals surface area contributed by atoms with E-state index < -0.39 is 21.9 Å². The van der Waals surface area contributed by atoms with Crippen LogP contribution < -0.4 is 4.72 Å². The maximum Gasteiger partial charge on any atom is 0.330 e. The Morgan fingerprint density at radius 3 is 2.43 bits per heavy atom. The molecule has 21 heavy (non-hydrogen) atoms. The van der Waals surface area contributed by atoms with Gasteiger partial charge in [-0.2, -0.15) is 0 Å². The molecule has 0 bridgehead atoms. The Kier molecular flexibility index (Phi) is 6.10. The first-order valence-corrected chi connectivity index (χ1v) is 7.70. The average Bonchev–Trinajstić information content (AvgIpc) is 2.43. The van der Waals surface area contributed by atoms with Gasteiger partial charge in [-0.25, -0.2) is 17.9 Å². The van der Waals surface area contributed by atoms with Gasteiger partial charge in [-0.05, 0) is 25.5 Å². The predicted octanol–water partition coefficient (Wildman–Crippen LogP) is 1.31. The summed E-state index contributed by atoms with van der Waals surface area (Å²) < 4.78 is 30.2.